The van der Waals surface area contributed by atoms with Gasteiger partial charge in [-0.15, -0.1) is 5.10 Å². The summed E-state index contributed by atoms with van der Waals surface area (Å²) in [5.74, 6) is 1.39. The molecule has 0 aliphatic carbocycles. The predicted octanol–water partition coefficient (Wildman–Crippen LogP) is 1.72. The molecule has 4 heteroatoms. The third kappa shape index (κ3) is 2.26. The quantitative estimate of drug-likeness (QED) is 0.802. The Balaban J connectivity index is 2.17. The van der Waals surface area contributed by atoms with E-state index in [4.69, 9.17) is 4.74 Å². The summed E-state index contributed by atoms with van der Waals surface area (Å²) in [6, 6.07) is 2.13. The van der Waals surface area contributed by atoms with Crippen molar-refractivity contribution in [2.24, 2.45) is 0 Å². The Morgan fingerprint density at radius 3 is 2.67 bits per heavy atom. The zero-order valence-corrected chi connectivity index (χ0v) is 9.29. The third-order valence-electron chi connectivity index (χ3n) is 2.88. The fourth-order valence-electron chi connectivity index (χ4n) is 1.95. The van der Waals surface area contributed by atoms with Crippen molar-refractivity contribution < 1.29 is 4.74 Å². The fourth-order valence-corrected chi connectivity index (χ4v) is 1.95. The van der Waals surface area contributed by atoms with Crippen molar-refractivity contribution >= 4 is 5.82 Å². The molecule has 1 fully saturated rings. The topological polar surface area (TPSA) is 47.0 Å². The van der Waals surface area contributed by atoms with Gasteiger partial charge in [-0.2, -0.15) is 5.10 Å². The van der Waals surface area contributed by atoms with Crippen molar-refractivity contribution in [1.82, 2.24) is 10.2 Å². The second kappa shape index (κ2) is 4.57. The van der Waals surface area contributed by atoms with Crippen molar-refractivity contribution in [2.75, 3.05) is 25.6 Å². The van der Waals surface area contributed by atoms with E-state index in [1.54, 1.807) is 0 Å². The zero-order valence-electron chi connectivity index (χ0n) is 9.29. The van der Waals surface area contributed by atoms with Gasteiger partial charge in [0.1, 0.15) is 0 Å². The van der Waals surface area contributed by atoms with Gasteiger partial charge in [0.2, 0.25) is 0 Å². The first-order valence-corrected chi connectivity index (χ1v) is 5.41. The molecule has 1 aromatic heterocycles. The van der Waals surface area contributed by atoms with Crippen LogP contribution in [-0.2, 0) is 4.74 Å². The van der Waals surface area contributed by atoms with E-state index in [-0.39, 0.29) is 0 Å². The monoisotopic (exact) mass is 207 g/mol. The molecule has 82 valence electrons. The average Bonchev–Trinajstić information content (AvgIpc) is 2.30. The zero-order chi connectivity index (χ0) is 10.7. The highest BCUT2D eigenvalue weighted by molar-refractivity contribution is 5.42. The lowest BCUT2D eigenvalue weighted by Crippen LogP contribution is -2.16. The van der Waals surface area contributed by atoms with Crippen LogP contribution in [0.25, 0.3) is 0 Å². The largest absolute Gasteiger partial charge is 0.381 e. The minimum atomic E-state index is 0.524. The molecule has 1 aliphatic heterocycles. The maximum absolute atomic E-state index is 5.34. The van der Waals surface area contributed by atoms with Crippen LogP contribution in [0.4, 0.5) is 5.82 Å². The Hall–Kier alpha value is -1.16. The summed E-state index contributed by atoms with van der Waals surface area (Å²) < 4.78 is 5.34. The van der Waals surface area contributed by atoms with Crippen LogP contribution >= 0.6 is 0 Å². The molecule has 1 saturated heterocycles. The second-order valence-electron chi connectivity index (χ2n) is 3.94. The highest BCUT2D eigenvalue weighted by Crippen LogP contribution is 2.26. The van der Waals surface area contributed by atoms with Gasteiger partial charge in [-0.1, -0.05) is 0 Å². The van der Waals surface area contributed by atoms with E-state index in [1.807, 2.05) is 7.05 Å². The highest BCUT2D eigenvalue weighted by atomic mass is 16.5. The highest BCUT2D eigenvalue weighted by Gasteiger charge is 2.18. The number of nitrogens with zero attached hydrogens (tertiary/aromatic N) is 2. The van der Waals surface area contributed by atoms with Crippen LogP contribution in [0, 0.1) is 6.92 Å². The van der Waals surface area contributed by atoms with Crippen molar-refractivity contribution in [3.05, 3.63) is 17.3 Å². The van der Waals surface area contributed by atoms with Gasteiger partial charge in [0.05, 0.1) is 5.69 Å². The van der Waals surface area contributed by atoms with Crippen LogP contribution < -0.4 is 5.32 Å². The molecule has 0 amide bonds. The maximum atomic E-state index is 5.34. The van der Waals surface area contributed by atoms with Gasteiger partial charge in [0, 0.05) is 26.2 Å². The van der Waals surface area contributed by atoms with Crippen molar-refractivity contribution in [3.8, 4) is 0 Å². The van der Waals surface area contributed by atoms with E-state index in [0.717, 1.165) is 43.1 Å². The number of hydrogen-bond acceptors (Lipinski definition) is 4. The summed E-state index contributed by atoms with van der Waals surface area (Å²) in [6.45, 7) is 3.75. The summed E-state index contributed by atoms with van der Waals surface area (Å²) in [6.07, 6.45) is 2.13. The Morgan fingerprint density at radius 1 is 1.33 bits per heavy atom. The van der Waals surface area contributed by atoms with Gasteiger partial charge >= 0.3 is 0 Å². The summed E-state index contributed by atoms with van der Waals surface area (Å²) in [5, 5.41) is 11.5. The van der Waals surface area contributed by atoms with E-state index in [9.17, 15) is 0 Å². The lowest BCUT2D eigenvalue weighted by molar-refractivity contribution is 0.0843. The van der Waals surface area contributed by atoms with Crippen LogP contribution in [0.1, 0.15) is 30.0 Å². The van der Waals surface area contributed by atoms with Crippen molar-refractivity contribution in [1.29, 1.82) is 0 Å². The van der Waals surface area contributed by atoms with E-state index >= 15 is 0 Å². The minimum absolute atomic E-state index is 0.524. The molecule has 0 saturated carbocycles. The molecule has 0 bridgehead atoms. The fraction of sp³-hybridized carbons (Fsp3) is 0.636. The van der Waals surface area contributed by atoms with Crippen LogP contribution in [0.3, 0.4) is 0 Å². The molecular formula is C11H17N3O. The second-order valence-corrected chi connectivity index (χ2v) is 3.94. The summed E-state index contributed by atoms with van der Waals surface area (Å²) >= 11 is 0. The van der Waals surface area contributed by atoms with Gasteiger partial charge in [0.25, 0.3) is 0 Å². The Bertz CT molecular complexity index is 335. The SMILES string of the molecule is CNc1nnc(C2CCOCC2)cc1C. The lowest BCUT2D eigenvalue weighted by atomic mass is 9.95. The lowest BCUT2D eigenvalue weighted by Gasteiger charge is -2.21. The minimum Gasteiger partial charge on any atom is -0.381 e. The van der Waals surface area contributed by atoms with Gasteiger partial charge in [-0.05, 0) is 31.4 Å². The Morgan fingerprint density at radius 2 is 2.07 bits per heavy atom. The number of ether oxygens (including phenoxy) is 1. The number of aryl methyl sites for hydroxylation is 1. The third-order valence-corrected chi connectivity index (χ3v) is 2.88. The van der Waals surface area contributed by atoms with Gasteiger partial charge in [-0.3, -0.25) is 0 Å². The van der Waals surface area contributed by atoms with Crippen LogP contribution in [0.15, 0.2) is 6.07 Å². The van der Waals surface area contributed by atoms with Gasteiger partial charge < -0.3 is 10.1 Å². The smallest absolute Gasteiger partial charge is 0.151 e. The molecule has 0 radical (unpaired) electrons. The van der Waals surface area contributed by atoms with Crippen LogP contribution in [0.5, 0.6) is 0 Å². The summed E-state index contributed by atoms with van der Waals surface area (Å²) in [5.41, 5.74) is 2.27. The molecule has 0 atom stereocenters. The van der Waals surface area contributed by atoms with E-state index in [0.29, 0.717) is 5.92 Å². The first-order valence-electron chi connectivity index (χ1n) is 5.41. The van der Waals surface area contributed by atoms with E-state index in [1.165, 1.54) is 0 Å². The number of hydrogen-bond donors (Lipinski definition) is 1. The van der Waals surface area contributed by atoms with Crippen LogP contribution in [0.2, 0.25) is 0 Å². The summed E-state index contributed by atoms with van der Waals surface area (Å²) in [7, 11) is 1.87. The van der Waals surface area contributed by atoms with Gasteiger partial charge in [-0.25, -0.2) is 0 Å². The summed E-state index contributed by atoms with van der Waals surface area (Å²) in [4.78, 5) is 0. The Labute approximate surface area is 90.1 Å². The molecule has 15 heavy (non-hydrogen) atoms. The number of rotatable bonds is 2. The molecule has 2 heterocycles. The number of nitrogens with one attached hydrogen (secondary N) is 1. The standard InChI is InChI=1S/C11H17N3O/c1-8-7-10(13-14-11(8)12-2)9-3-5-15-6-4-9/h7,9H,3-6H2,1-2H3,(H,12,14). The Kier molecular flexibility index (Phi) is 3.16. The molecule has 0 spiro atoms. The molecule has 1 N–H and O–H groups in total. The predicted molar refractivity (Wildman–Crippen MR) is 59.1 cm³/mol. The first kappa shape index (κ1) is 10.4. The molecule has 4 nitrogen and oxygen atoms in total. The maximum Gasteiger partial charge on any atom is 0.151 e. The molecule has 0 aromatic carbocycles. The van der Waals surface area contributed by atoms with E-state index in [2.05, 4.69) is 28.5 Å². The molecule has 2 rings (SSSR count). The number of anilines is 1. The van der Waals surface area contributed by atoms with Gasteiger partial charge in [0.15, 0.2) is 5.82 Å². The van der Waals surface area contributed by atoms with E-state index < -0.39 is 0 Å². The number of aromatic nitrogens is 2. The van der Waals surface area contributed by atoms with Crippen LogP contribution in [-0.4, -0.2) is 30.5 Å². The molecular weight excluding hydrogens is 190 g/mol. The normalized spacial score (nSPS) is 17.7. The van der Waals surface area contributed by atoms with Crippen molar-refractivity contribution in [2.45, 2.75) is 25.7 Å². The molecule has 0 unspecified atom stereocenters. The first-order chi connectivity index (χ1) is 7.31. The van der Waals surface area contributed by atoms with Crippen molar-refractivity contribution in [3.63, 3.8) is 0 Å². The average molecular weight is 207 g/mol. The molecule has 1 aliphatic rings. The molecule has 1 aromatic rings.